The number of carbonyl (C=O) groups excluding carboxylic acids is 1. The van der Waals surface area contributed by atoms with Crippen LogP contribution in [0.2, 0.25) is 0 Å². The lowest BCUT2D eigenvalue weighted by Gasteiger charge is -2.26. The van der Waals surface area contributed by atoms with Crippen LogP contribution in [0.3, 0.4) is 0 Å². The lowest BCUT2D eigenvalue weighted by Crippen LogP contribution is -2.49. The van der Waals surface area contributed by atoms with Crippen LogP contribution >= 0.6 is 0 Å². The van der Waals surface area contributed by atoms with Gasteiger partial charge in [-0.3, -0.25) is 4.79 Å². The van der Waals surface area contributed by atoms with Crippen molar-refractivity contribution in [3.63, 3.8) is 0 Å². The summed E-state index contributed by atoms with van der Waals surface area (Å²) in [6.07, 6.45) is 1.64. The van der Waals surface area contributed by atoms with Crippen molar-refractivity contribution in [3.8, 4) is 0 Å². The number of benzene rings is 1. The zero-order valence-electron chi connectivity index (χ0n) is 11.5. The fraction of sp³-hybridized carbons (Fsp3) is 0.533. The smallest absolute Gasteiger partial charge is 0.252 e. The van der Waals surface area contributed by atoms with E-state index in [-0.39, 0.29) is 5.82 Å². The molecule has 20 heavy (non-hydrogen) atoms. The lowest BCUT2D eigenvalue weighted by molar-refractivity contribution is -0.140. The van der Waals surface area contributed by atoms with Crippen molar-refractivity contribution >= 4 is 5.91 Å². The third-order valence-electron chi connectivity index (χ3n) is 3.90. The third-order valence-corrected chi connectivity index (χ3v) is 3.90. The van der Waals surface area contributed by atoms with E-state index >= 15 is 0 Å². The second-order valence-electron chi connectivity index (χ2n) is 5.50. The largest absolute Gasteiger partial charge is 0.386 e. The van der Waals surface area contributed by atoms with Crippen LogP contribution in [0.25, 0.3) is 0 Å². The first kappa shape index (κ1) is 14.9. The van der Waals surface area contributed by atoms with E-state index in [2.05, 4.69) is 5.32 Å². The first-order chi connectivity index (χ1) is 9.42. The Bertz CT molecular complexity index is 469. The molecule has 1 fully saturated rings. The summed E-state index contributed by atoms with van der Waals surface area (Å²) < 4.78 is 12.8. The van der Waals surface area contributed by atoms with Crippen LogP contribution in [0.4, 0.5) is 4.39 Å². The number of aliphatic hydroxyl groups excluding tert-OH is 1. The molecule has 2 rings (SSSR count). The van der Waals surface area contributed by atoms with Crippen LogP contribution in [-0.4, -0.2) is 27.8 Å². The van der Waals surface area contributed by atoms with Crippen LogP contribution in [0.15, 0.2) is 24.3 Å². The van der Waals surface area contributed by atoms with Gasteiger partial charge in [-0.1, -0.05) is 12.1 Å². The number of aliphatic hydroxyl groups is 2. The molecule has 0 aromatic heterocycles. The number of nitrogens with one attached hydrogen (secondary N) is 1. The molecule has 0 aliphatic heterocycles. The van der Waals surface area contributed by atoms with Gasteiger partial charge in [0.25, 0.3) is 5.91 Å². The molecule has 3 N–H and O–H groups in total. The van der Waals surface area contributed by atoms with E-state index in [1.165, 1.54) is 24.3 Å². The van der Waals surface area contributed by atoms with Crippen molar-refractivity contribution in [2.75, 3.05) is 0 Å². The topological polar surface area (TPSA) is 69.6 Å². The molecular formula is C15H20FNO3. The highest BCUT2D eigenvalue weighted by Crippen LogP contribution is 2.30. The zero-order valence-corrected chi connectivity index (χ0v) is 11.5. The molecule has 0 spiro atoms. The Hall–Kier alpha value is -1.46. The van der Waals surface area contributed by atoms with Crippen LogP contribution in [0.5, 0.6) is 0 Å². The van der Waals surface area contributed by atoms with E-state index in [1.54, 1.807) is 6.92 Å². The average Bonchev–Trinajstić information content (AvgIpc) is 2.87. The molecule has 1 aliphatic carbocycles. The van der Waals surface area contributed by atoms with E-state index in [4.69, 9.17) is 0 Å². The highest BCUT2D eigenvalue weighted by Gasteiger charge is 2.39. The summed E-state index contributed by atoms with van der Waals surface area (Å²) in [4.78, 5) is 12.0. The Morgan fingerprint density at radius 3 is 2.40 bits per heavy atom. The highest BCUT2D eigenvalue weighted by molar-refractivity contribution is 5.85. The van der Waals surface area contributed by atoms with Gasteiger partial charge in [0, 0.05) is 0 Å². The van der Waals surface area contributed by atoms with E-state index in [0.717, 1.165) is 12.8 Å². The molecule has 1 aromatic carbocycles. The summed E-state index contributed by atoms with van der Waals surface area (Å²) in [7, 11) is 0. The highest BCUT2D eigenvalue weighted by atomic mass is 19.1. The summed E-state index contributed by atoms with van der Waals surface area (Å²) >= 11 is 0. The summed E-state index contributed by atoms with van der Waals surface area (Å²) in [6, 6.07) is 4.92. The minimum Gasteiger partial charge on any atom is -0.386 e. The van der Waals surface area contributed by atoms with E-state index in [1.807, 2.05) is 0 Å². The molecule has 4 nitrogen and oxygen atoms in total. The summed E-state index contributed by atoms with van der Waals surface area (Å²) in [5, 5.41) is 22.9. The Morgan fingerprint density at radius 1 is 1.30 bits per heavy atom. The predicted molar refractivity (Wildman–Crippen MR) is 72.4 cm³/mol. The fourth-order valence-electron chi connectivity index (χ4n) is 2.56. The van der Waals surface area contributed by atoms with Crippen LogP contribution < -0.4 is 5.32 Å². The predicted octanol–water partition coefficient (Wildman–Crippen LogP) is 1.67. The first-order valence-electron chi connectivity index (χ1n) is 6.89. The van der Waals surface area contributed by atoms with Gasteiger partial charge in [-0.2, -0.15) is 0 Å². The van der Waals surface area contributed by atoms with Gasteiger partial charge in [0.15, 0.2) is 0 Å². The minimum absolute atomic E-state index is 0.377. The number of hydrogen-bond donors (Lipinski definition) is 3. The van der Waals surface area contributed by atoms with Gasteiger partial charge in [0.2, 0.25) is 0 Å². The quantitative estimate of drug-likeness (QED) is 0.786. The summed E-state index contributed by atoms with van der Waals surface area (Å²) in [5.74, 6) is -0.818. The molecule has 2 atom stereocenters. The molecule has 1 aliphatic rings. The molecule has 0 bridgehead atoms. The van der Waals surface area contributed by atoms with E-state index in [9.17, 15) is 19.4 Å². The minimum atomic E-state index is -1.31. The molecular weight excluding hydrogens is 261 g/mol. The zero-order chi connectivity index (χ0) is 14.8. The van der Waals surface area contributed by atoms with Crippen molar-refractivity contribution < 1.29 is 19.4 Å². The van der Waals surface area contributed by atoms with Crippen molar-refractivity contribution in [2.24, 2.45) is 0 Å². The second-order valence-corrected chi connectivity index (χ2v) is 5.50. The fourth-order valence-corrected chi connectivity index (χ4v) is 2.56. The first-order valence-corrected chi connectivity index (χ1v) is 6.89. The number of rotatable bonds is 4. The van der Waals surface area contributed by atoms with Gasteiger partial charge in [0.1, 0.15) is 11.4 Å². The number of halogens is 1. The van der Waals surface area contributed by atoms with Crippen molar-refractivity contribution in [2.45, 2.75) is 50.4 Å². The molecule has 110 valence electrons. The number of hydrogen-bond acceptors (Lipinski definition) is 3. The Balaban J connectivity index is 1.98. The van der Waals surface area contributed by atoms with E-state index < -0.39 is 23.7 Å². The second kappa shape index (κ2) is 5.89. The molecule has 2 unspecified atom stereocenters. The number of carbonyl (C=O) groups is 1. The maximum atomic E-state index is 12.8. The van der Waals surface area contributed by atoms with Crippen molar-refractivity contribution in [3.05, 3.63) is 35.6 Å². The van der Waals surface area contributed by atoms with Gasteiger partial charge in [-0.05, 0) is 50.3 Å². The normalized spacial score (nSPS) is 20.4. The Labute approximate surface area is 117 Å². The third kappa shape index (κ3) is 3.16. The van der Waals surface area contributed by atoms with Crippen LogP contribution in [0, 0.1) is 5.82 Å². The standard InChI is InChI=1S/C15H20FNO3/c1-10(13(18)11-4-6-12(16)7-5-11)17-14(19)15(20)8-2-3-9-15/h4-7,10,13,18,20H,2-3,8-9H2,1H3,(H,17,19). The summed E-state index contributed by atoms with van der Waals surface area (Å²) in [5.41, 5.74) is -0.783. The van der Waals surface area contributed by atoms with Crippen LogP contribution in [-0.2, 0) is 4.79 Å². The molecule has 1 aromatic rings. The van der Waals surface area contributed by atoms with Crippen molar-refractivity contribution in [1.29, 1.82) is 0 Å². The van der Waals surface area contributed by atoms with Crippen molar-refractivity contribution in [1.82, 2.24) is 5.32 Å². The van der Waals surface area contributed by atoms with Gasteiger partial charge < -0.3 is 15.5 Å². The molecule has 0 saturated heterocycles. The lowest BCUT2D eigenvalue weighted by atomic mass is 9.99. The average molecular weight is 281 g/mol. The van der Waals surface area contributed by atoms with Gasteiger partial charge in [-0.25, -0.2) is 4.39 Å². The molecule has 0 heterocycles. The monoisotopic (exact) mass is 281 g/mol. The SMILES string of the molecule is CC(NC(=O)C1(O)CCCC1)C(O)c1ccc(F)cc1. The van der Waals surface area contributed by atoms with Gasteiger partial charge in [-0.15, -0.1) is 0 Å². The van der Waals surface area contributed by atoms with Gasteiger partial charge >= 0.3 is 0 Å². The maximum Gasteiger partial charge on any atom is 0.252 e. The molecule has 5 heteroatoms. The van der Waals surface area contributed by atoms with Gasteiger partial charge in [0.05, 0.1) is 12.1 Å². The van der Waals surface area contributed by atoms with E-state index in [0.29, 0.717) is 18.4 Å². The van der Waals surface area contributed by atoms with Crippen LogP contribution in [0.1, 0.15) is 44.3 Å². The number of amides is 1. The Morgan fingerprint density at radius 2 is 1.85 bits per heavy atom. The maximum absolute atomic E-state index is 12.8. The summed E-state index contributed by atoms with van der Waals surface area (Å²) in [6.45, 7) is 1.66. The molecule has 1 saturated carbocycles. The molecule has 1 amide bonds. The Kier molecular flexibility index (Phi) is 4.40. The molecule has 0 radical (unpaired) electrons.